The van der Waals surface area contributed by atoms with E-state index in [1.54, 1.807) is 4.90 Å². The molecule has 0 aromatic carbocycles. The van der Waals surface area contributed by atoms with Crippen LogP contribution in [0.5, 0.6) is 0 Å². The fourth-order valence-electron chi connectivity index (χ4n) is 1.72. The molecule has 1 aliphatic rings. The quantitative estimate of drug-likeness (QED) is 0.658. The maximum Gasteiger partial charge on any atom is 0.237 e. The van der Waals surface area contributed by atoms with E-state index >= 15 is 0 Å². The highest BCUT2D eigenvalue weighted by Crippen LogP contribution is 2.05. The predicted octanol–water partition coefficient (Wildman–Crippen LogP) is 0.696. The molecule has 0 bridgehead atoms. The van der Waals surface area contributed by atoms with E-state index in [9.17, 15) is 9.59 Å². The summed E-state index contributed by atoms with van der Waals surface area (Å²) in [7, 11) is 0. The molecule has 5 heteroatoms. The van der Waals surface area contributed by atoms with Gasteiger partial charge in [0.15, 0.2) is 0 Å². The average molecular weight is 233 g/mol. The van der Waals surface area contributed by atoms with Crippen LogP contribution in [0.1, 0.15) is 19.8 Å². The Balaban J connectivity index is 2.48. The van der Waals surface area contributed by atoms with Crippen LogP contribution in [0.2, 0.25) is 0 Å². The first-order chi connectivity index (χ1) is 7.19. The van der Waals surface area contributed by atoms with E-state index in [1.807, 2.05) is 11.8 Å². The first kappa shape index (κ1) is 12.3. The van der Waals surface area contributed by atoms with Gasteiger partial charge in [-0.1, -0.05) is 6.92 Å². The third-order valence-electron chi connectivity index (χ3n) is 2.62. The lowest BCUT2D eigenvalue weighted by atomic mass is 10.3. The SMILES string of the molecule is CCC(=O)N1CCCN(C(=O)CCl)CC1. The molecule has 1 fully saturated rings. The van der Waals surface area contributed by atoms with Crippen LogP contribution in [-0.2, 0) is 9.59 Å². The second-order valence-corrected chi connectivity index (χ2v) is 3.87. The molecule has 0 spiro atoms. The van der Waals surface area contributed by atoms with E-state index in [0.29, 0.717) is 26.1 Å². The van der Waals surface area contributed by atoms with Crippen molar-refractivity contribution in [1.82, 2.24) is 9.80 Å². The molecule has 86 valence electrons. The topological polar surface area (TPSA) is 40.6 Å². The smallest absolute Gasteiger partial charge is 0.237 e. The molecule has 0 aliphatic carbocycles. The summed E-state index contributed by atoms with van der Waals surface area (Å²) in [5.74, 6) is 0.152. The number of rotatable bonds is 2. The van der Waals surface area contributed by atoms with Crippen LogP contribution in [0, 0.1) is 0 Å². The van der Waals surface area contributed by atoms with E-state index in [0.717, 1.165) is 13.0 Å². The van der Waals surface area contributed by atoms with Gasteiger partial charge in [0.2, 0.25) is 11.8 Å². The van der Waals surface area contributed by atoms with Crippen molar-refractivity contribution in [3.05, 3.63) is 0 Å². The molecule has 0 unspecified atom stereocenters. The maximum absolute atomic E-state index is 11.5. The van der Waals surface area contributed by atoms with Gasteiger partial charge in [-0.2, -0.15) is 0 Å². The average Bonchev–Trinajstić information content (AvgIpc) is 2.52. The Morgan fingerprint density at radius 2 is 1.60 bits per heavy atom. The number of carbonyl (C=O) groups is 2. The van der Waals surface area contributed by atoms with Crippen LogP contribution < -0.4 is 0 Å². The van der Waals surface area contributed by atoms with Crippen molar-refractivity contribution in [2.24, 2.45) is 0 Å². The van der Waals surface area contributed by atoms with Crippen molar-refractivity contribution in [2.45, 2.75) is 19.8 Å². The number of hydrogen-bond acceptors (Lipinski definition) is 2. The van der Waals surface area contributed by atoms with Crippen LogP contribution >= 0.6 is 11.6 Å². The van der Waals surface area contributed by atoms with Gasteiger partial charge in [0.1, 0.15) is 5.88 Å². The van der Waals surface area contributed by atoms with Gasteiger partial charge in [0.25, 0.3) is 0 Å². The van der Waals surface area contributed by atoms with Gasteiger partial charge in [-0.25, -0.2) is 0 Å². The third-order valence-corrected chi connectivity index (χ3v) is 2.85. The van der Waals surface area contributed by atoms with Gasteiger partial charge in [-0.15, -0.1) is 11.6 Å². The van der Waals surface area contributed by atoms with Crippen molar-refractivity contribution in [1.29, 1.82) is 0 Å². The number of halogens is 1. The molecule has 1 saturated heterocycles. The highest BCUT2D eigenvalue weighted by atomic mass is 35.5. The summed E-state index contributed by atoms with van der Waals surface area (Å²) < 4.78 is 0. The maximum atomic E-state index is 11.5. The molecule has 1 aliphatic heterocycles. The highest BCUT2D eigenvalue weighted by molar-refractivity contribution is 6.27. The number of nitrogens with zero attached hydrogens (tertiary/aromatic N) is 2. The molecule has 2 amide bonds. The number of amides is 2. The minimum atomic E-state index is -0.0394. The number of hydrogen-bond donors (Lipinski definition) is 0. The van der Waals surface area contributed by atoms with Gasteiger partial charge in [-0.05, 0) is 6.42 Å². The second-order valence-electron chi connectivity index (χ2n) is 3.60. The Kier molecular flexibility index (Phi) is 4.88. The molecule has 15 heavy (non-hydrogen) atoms. The summed E-state index contributed by atoms with van der Waals surface area (Å²) in [6.07, 6.45) is 1.37. The third kappa shape index (κ3) is 3.38. The standard InChI is InChI=1S/C10H17ClN2O2/c1-2-9(14)12-4-3-5-13(7-6-12)10(15)8-11/h2-8H2,1H3. The summed E-state index contributed by atoms with van der Waals surface area (Å²) in [5.41, 5.74) is 0. The Hall–Kier alpha value is -0.770. The predicted molar refractivity (Wildman–Crippen MR) is 58.8 cm³/mol. The molecule has 0 radical (unpaired) electrons. The van der Waals surface area contributed by atoms with Crippen molar-refractivity contribution < 1.29 is 9.59 Å². The van der Waals surface area contributed by atoms with Crippen molar-refractivity contribution in [3.63, 3.8) is 0 Å². The molecule has 1 heterocycles. The second kappa shape index (κ2) is 5.95. The summed E-state index contributed by atoms with van der Waals surface area (Å²) in [6, 6.07) is 0. The lowest BCUT2D eigenvalue weighted by Crippen LogP contribution is -2.37. The van der Waals surface area contributed by atoms with Crippen LogP contribution in [0.25, 0.3) is 0 Å². The first-order valence-electron chi connectivity index (χ1n) is 5.30. The lowest BCUT2D eigenvalue weighted by molar-refractivity contribution is -0.132. The lowest BCUT2D eigenvalue weighted by Gasteiger charge is -2.21. The Labute approximate surface area is 95.2 Å². The Morgan fingerprint density at radius 3 is 2.07 bits per heavy atom. The van der Waals surface area contributed by atoms with Crippen molar-refractivity contribution in [2.75, 3.05) is 32.1 Å². The fourth-order valence-corrected chi connectivity index (χ4v) is 1.89. The molecular formula is C10H17ClN2O2. The normalized spacial score (nSPS) is 17.5. The summed E-state index contributed by atoms with van der Waals surface area (Å²) >= 11 is 5.49. The Bertz CT molecular complexity index is 222. The van der Waals surface area contributed by atoms with Crippen LogP contribution in [0.4, 0.5) is 0 Å². The monoisotopic (exact) mass is 232 g/mol. The van der Waals surface area contributed by atoms with Gasteiger partial charge in [-0.3, -0.25) is 9.59 Å². The van der Waals surface area contributed by atoms with Crippen LogP contribution in [0.3, 0.4) is 0 Å². The van der Waals surface area contributed by atoms with E-state index in [-0.39, 0.29) is 17.7 Å². The fraction of sp³-hybridized carbons (Fsp3) is 0.800. The zero-order chi connectivity index (χ0) is 11.3. The van der Waals surface area contributed by atoms with E-state index < -0.39 is 0 Å². The molecule has 0 saturated carbocycles. The number of alkyl halides is 1. The Morgan fingerprint density at radius 1 is 1.07 bits per heavy atom. The molecule has 0 aromatic heterocycles. The minimum Gasteiger partial charge on any atom is -0.341 e. The minimum absolute atomic E-state index is 0.0295. The summed E-state index contributed by atoms with van der Waals surface area (Å²) in [4.78, 5) is 26.4. The number of carbonyl (C=O) groups excluding carboxylic acids is 2. The molecule has 0 atom stereocenters. The largest absolute Gasteiger partial charge is 0.341 e. The zero-order valence-corrected chi connectivity index (χ0v) is 9.79. The van der Waals surface area contributed by atoms with Gasteiger partial charge in [0.05, 0.1) is 0 Å². The molecule has 0 aromatic rings. The van der Waals surface area contributed by atoms with E-state index in [4.69, 9.17) is 11.6 Å². The van der Waals surface area contributed by atoms with Crippen molar-refractivity contribution >= 4 is 23.4 Å². The van der Waals surface area contributed by atoms with Gasteiger partial charge in [0, 0.05) is 32.6 Å². The van der Waals surface area contributed by atoms with E-state index in [1.165, 1.54) is 0 Å². The molecule has 0 N–H and O–H groups in total. The van der Waals surface area contributed by atoms with Gasteiger partial charge >= 0.3 is 0 Å². The van der Waals surface area contributed by atoms with Gasteiger partial charge < -0.3 is 9.80 Å². The van der Waals surface area contributed by atoms with Crippen molar-refractivity contribution in [3.8, 4) is 0 Å². The first-order valence-corrected chi connectivity index (χ1v) is 5.84. The summed E-state index contributed by atoms with van der Waals surface area (Å²) in [6.45, 7) is 4.55. The van der Waals surface area contributed by atoms with Crippen LogP contribution in [0.15, 0.2) is 0 Å². The molecule has 4 nitrogen and oxygen atoms in total. The summed E-state index contributed by atoms with van der Waals surface area (Å²) in [5, 5.41) is 0. The molecule has 1 rings (SSSR count). The van der Waals surface area contributed by atoms with E-state index in [2.05, 4.69) is 0 Å². The zero-order valence-electron chi connectivity index (χ0n) is 9.04. The highest BCUT2D eigenvalue weighted by Gasteiger charge is 2.20. The van der Waals surface area contributed by atoms with Crippen LogP contribution in [-0.4, -0.2) is 53.7 Å². The molecular weight excluding hydrogens is 216 g/mol.